The van der Waals surface area contributed by atoms with Crippen LogP contribution in [-0.4, -0.2) is 55.9 Å². The first-order chi connectivity index (χ1) is 15.8. The molecule has 0 spiro atoms. The minimum atomic E-state index is -4.82. The van der Waals surface area contributed by atoms with Crippen LogP contribution in [0.2, 0.25) is 0 Å². The smallest absolute Gasteiger partial charge is 0.405 e. The van der Waals surface area contributed by atoms with Gasteiger partial charge in [0.1, 0.15) is 18.1 Å². The third-order valence-corrected chi connectivity index (χ3v) is 6.23. The maximum atomic E-state index is 12.9. The van der Waals surface area contributed by atoms with Crippen LogP contribution < -0.4 is 10.1 Å². The van der Waals surface area contributed by atoms with Gasteiger partial charge in [0.15, 0.2) is 5.76 Å². The lowest BCUT2D eigenvalue weighted by Crippen LogP contribution is -2.53. The lowest BCUT2D eigenvalue weighted by Gasteiger charge is -2.40. The zero-order valence-corrected chi connectivity index (χ0v) is 18.4. The number of halogens is 3. The fraction of sp³-hybridized carbons (Fsp3) is 0.458. The number of benzene rings is 1. The van der Waals surface area contributed by atoms with Crippen LogP contribution in [-0.2, 0) is 14.6 Å². The standard InChI is InChI=1S/C24H27F3N2O4/c1-16(30)17(18-6-2-4-8-22(18)32-24(25,26)27)10-12-29-13-11-28-14-21(29)20-15-31-33-23-9-5-3-7-19(20)23/h2-6,8-9,17,21,28H,7,10-15H2,1H3. The molecule has 6 nitrogen and oxygen atoms in total. The molecule has 2 aliphatic heterocycles. The number of para-hydroxylation sites is 1. The Hall–Kier alpha value is -2.62. The number of alkyl halides is 3. The van der Waals surface area contributed by atoms with Crippen molar-refractivity contribution in [2.24, 2.45) is 0 Å². The van der Waals surface area contributed by atoms with Crippen LogP contribution in [0.25, 0.3) is 0 Å². The molecule has 1 saturated heterocycles. The Morgan fingerprint density at radius 2 is 2.15 bits per heavy atom. The van der Waals surface area contributed by atoms with Gasteiger partial charge in [-0.15, -0.1) is 13.2 Å². The lowest BCUT2D eigenvalue weighted by molar-refractivity contribution is -0.275. The summed E-state index contributed by atoms with van der Waals surface area (Å²) in [4.78, 5) is 25.4. The number of nitrogens with zero attached hydrogens (tertiary/aromatic N) is 1. The van der Waals surface area contributed by atoms with Crippen LogP contribution in [0.1, 0.15) is 31.2 Å². The van der Waals surface area contributed by atoms with Crippen molar-refractivity contribution in [3.8, 4) is 5.75 Å². The zero-order valence-electron chi connectivity index (χ0n) is 18.4. The van der Waals surface area contributed by atoms with E-state index in [4.69, 9.17) is 9.78 Å². The molecule has 0 saturated carbocycles. The molecule has 4 rings (SSSR count). The van der Waals surface area contributed by atoms with E-state index in [0.29, 0.717) is 25.3 Å². The fourth-order valence-electron chi connectivity index (χ4n) is 4.67. The lowest BCUT2D eigenvalue weighted by atomic mass is 9.89. The number of carbonyl (C=O) groups is 1. The molecule has 9 heteroatoms. The van der Waals surface area contributed by atoms with Crippen LogP contribution in [0.3, 0.4) is 0 Å². The predicted molar refractivity (Wildman–Crippen MR) is 115 cm³/mol. The molecule has 0 radical (unpaired) electrons. The number of piperazine rings is 1. The molecule has 3 aliphatic rings. The molecule has 178 valence electrons. The molecule has 2 unspecified atom stereocenters. The highest BCUT2D eigenvalue weighted by Crippen LogP contribution is 2.35. The third-order valence-electron chi connectivity index (χ3n) is 6.23. The Morgan fingerprint density at radius 3 is 2.94 bits per heavy atom. The summed E-state index contributed by atoms with van der Waals surface area (Å²) < 4.78 is 42.9. The largest absolute Gasteiger partial charge is 0.573 e. The van der Waals surface area contributed by atoms with E-state index in [0.717, 1.165) is 37.2 Å². The molecule has 2 atom stereocenters. The SMILES string of the molecule is CC(=O)C(CCN1CCNCC1C1=C2CC=CC=C2OOC1)c1ccccc1OC(F)(F)F. The van der Waals surface area contributed by atoms with Crippen LogP contribution in [0.15, 0.2) is 59.4 Å². The topological polar surface area (TPSA) is 60.0 Å². The normalized spacial score (nSPS) is 22.3. The number of fused-ring (bicyclic) bond motifs is 1. The second-order valence-electron chi connectivity index (χ2n) is 8.31. The van der Waals surface area contributed by atoms with Crippen LogP contribution >= 0.6 is 0 Å². The minimum absolute atomic E-state index is 0.0434. The Balaban J connectivity index is 1.54. The monoisotopic (exact) mass is 464 g/mol. The van der Waals surface area contributed by atoms with Crippen molar-refractivity contribution in [2.45, 2.75) is 38.1 Å². The van der Waals surface area contributed by atoms with E-state index >= 15 is 0 Å². The zero-order chi connectivity index (χ0) is 23.4. The summed E-state index contributed by atoms with van der Waals surface area (Å²) >= 11 is 0. The predicted octanol–water partition coefficient (Wildman–Crippen LogP) is 4.02. The maximum absolute atomic E-state index is 12.9. The molecule has 1 aromatic rings. The number of ketones is 1. The highest BCUT2D eigenvalue weighted by Gasteiger charge is 2.35. The molecule has 2 heterocycles. The number of allylic oxidation sites excluding steroid dienone is 4. The Kier molecular flexibility index (Phi) is 7.21. The summed E-state index contributed by atoms with van der Waals surface area (Å²) in [5, 5.41) is 3.41. The van der Waals surface area contributed by atoms with Gasteiger partial charge in [-0.1, -0.05) is 30.4 Å². The van der Waals surface area contributed by atoms with Crippen molar-refractivity contribution >= 4 is 5.78 Å². The van der Waals surface area contributed by atoms with E-state index in [-0.39, 0.29) is 23.1 Å². The van der Waals surface area contributed by atoms with Gasteiger partial charge in [-0.2, -0.15) is 4.89 Å². The molecule has 1 aromatic carbocycles. The van der Waals surface area contributed by atoms with Gasteiger partial charge in [0.2, 0.25) is 0 Å². The molecule has 1 fully saturated rings. The minimum Gasteiger partial charge on any atom is -0.405 e. The van der Waals surface area contributed by atoms with Gasteiger partial charge >= 0.3 is 6.36 Å². The van der Waals surface area contributed by atoms with Gasteiger partial charge in [-0.25, -0.2) is 0 Å². The third kappa shape index (κ3) is 5.66. The van der Waals surface area contributed by atoms with Gasteiger partial charge < -0.3 is 14.9 Å². The molecule has 1 N–H and O–H groups in total. The van der Waals surface area contributed by atoms with Crippen LogP contribution in [0.5, 0.6) is 5.75 Å². The van der Waals surface area contributed by atoms with Gasteiger partial charge in [0.05, 0.1) is 0 Å². The van der Waals surface area contributed by atoms with Crippen molar-refractivity contribution in [3.05, 3.63) is 65.0 Å². The molecule has 0 amide bonds. The number of carbonyl (C=O) groups excluding carboxylic acids is 1. The van der Waals surface area contributed by atoms with Crippen molar-refractivity contribution in [1.29, 1.82) is 0 Å². The molecule has 0 aromatic heterocycles. The second kappa shape index (κ2) is 10.1. The molecule has 0 bridgehead atoms. The summed E-state index contributed by atoms with van der Waals surface area (Å²) in [6.45, 7) is 4.57. The van der Waals surface area contributed by atoms with E-state index < -0.39 is 12.3 Å². The second-order valence-corrected chi connectivity index (χ2v) is 8.31. The van der Waals surface area contributed by atoms with Crippen molar-refractivity contribution in [3.63, 3.8) is 0 Å². The van der Waals surface area contributed by atoms with Crippen molar-refractivity contribution < 1.29 is 32.5 Å². The Labute approximate surface area is 190 Å². The summed E-state index contributed by atoms with van der Waals surface area (Å²) in [6, 6.07) is 5.92. The average Bonchev–Trinajstić information content (AvgIpc) is 2.79. The van der Waals surface area contributed by atoms with Gasteiger partial charge in [-0.05, 0) is 44.0 Å². The van der Waals surface area contributed by atoms with Gasteiger partial charge in [0, 0.05) is 42.7 Å². The summed E-state index contributed by atoms with van der Waals surface area (Å²) in [5.74, 6) is -0.507. The molecular weight excluding hydrogens is 437 g/mol. The first-order valence-electron chi connectivity index (χ1n) is 11.0. The number of nitrogens with one attached hydrogen (secondary N) is 1. The van der Waals surface area contributed by atoms with E-state index in [9.17, 15) is 18.0 Å². The van der Waals surface area contributed by atoms with E-state index in [1.165, 1.54) is 25.1 Å². The number of Topliss-reactive ketones (excluding diaryl/α,β-unsaturated/α-hetero) is 1. The van der Waals surface area contributed by atoms with Crippen molar-refractivity contribution in [2.75, 3.05) is 32.8 Å². The molecule has 1 aliphatic carbocycles. The molecule has 33 heavy (non-hydrogen) atoms. The number of rotatable bonds is 7. The summed E-state index contributed by atoms with van der Waals surface area (Å²) in [6.07, 6.45) is 2.19. The number of hydrogen-bond acceptors (Lipinski definition) is 6. The molecular formula is C24H27F3N2O4. The highest BCUT2D eigenvalue weighted by atomic mass is 19.4. The van der Waals surface area contributed by atoms with E-state index in [2.05, 4.69) is 21.0 Å². The Bertz CT molecular complexity index is 971. The van der Waals surface area contributed by atoms with Crippen molar-refractivity contribution in [1.82, 2.24) is 10.2 Å². The number of ether oxygens (including phenoxy) is 1. The number of hydrogen-bond donors (Lipinski definition) is 1. The van der Waals surface area contributed by atoms with E-state index in [1.807, 2.05) is 12.2 Å². The first-order valence-corrected chi connectivity index (χ1v) is 11.0. The summed E-state index contributed by atoms with van der Waals surface area (Å²) in [5.41, 5.74) is 2.49. The summed E-state index contributed by atoms with van der Waals surface area (Å²) in [7, 11) is 0. The highest BCUT2D eigenvalue weighted by molar-refractivity contribution is 5.84. The maximum Gasteiger partial charge on any atom is 0.573 e. The van der Waals surface area contributed by atoms with Crippen LogP contribution in [0, 0.1) is 0 Å². The fourth-order valence-corrected chi connectivity index (χ4v) is 4.67. The van der Waals surface area contributed by atoms with Gasteiger partial charge in [-0.3, -0.25) is 9.69 Å². The average molecular weight is 464 g/mol. The first kappa shape index (κ1) is 23.5. The van der Waals surface area contributed by atoms with E-state index in [1.54, 1.807) is 6.07 Å². The Morgan fingerprint density at radius 1 is 1.33 bits per heavy atom. The van der Waals surface area contributed by atoms with Crippen LogP contribution in [0.4, 0.5) is 13.2 Å². The quantitative estimate of drug-likeness (QED) is 0.615. The van der Waals surface area contributed by atoms with Gasteiger partial charge in [0.25, 0.3) is 0 Å².